The number of thiophene rings is 1. The third-order valence-corrected chi connectivity index (χ3v) is 8.83. The van der Waals surface area contributed by atoms with Crippen molar-refractivity contribution in [1.82, 2.24) is 4.90 Å². The molecule has 3 nitrogen and oxygen atoms in total. The van der Waals surface area contributed by atoms with Gasteiger partial charge >= 0.3 is 0 Å². The van der Waals surface area contributed by atoms with Gasteiger partial charge in [0.2, 0.25) is 0 Å². The zero-order valence-electron chi connectivity index (χ0n) is 22.8. The summed E-state index contributed by atoms with van der Waals surface area (Å²) in [6.45, 7) is 11.0. The second-order valence-electron chi connectivity index (χ2n) is 10.6. The molecule has 198 valence electrons. The van der Waals surface area contributed by atoms with Gasteiger partial charge in [0, 0.05) is 17.0 Å². The molecule has 1 aromatic carbocycles. The molecule has 3 atom stereocenters. The summed E-state index contributed by atoms with van der Waals surface area (Å²) in [5, 5.41) is 11.9. The number of aliphatic hydroxyl groups excluding tert-OH is 1. The van der Waals surface area contributed by atoms with Crippen molar-refractivity contribution in [2.75, 3.05) is 13.1 Å². The number of piperidine rings is 1. The second kappa shape index (κ2) is 11.5. The number of hydrogen-bond donors (Lipinski definition) is 1. The highest BCUT2D eigenvalue weighted by Crippen LogP contribution is 2.53. The van der Waals surface area contributed by atoms with Crippen LogP contribution in [-0.4, -0.2) is 41.3 Å². The fraction of sp³-hybridized carbons (Fsp3) is 0.469. The van der Waals surface area contributed by atoms with Gasteiger partial charge in [0.05, 0.1) is 12.6 Å². The number of carbonyl (C=O) groups excluding carboxylic acids is 1. The number of alkyl halides is 1. The molecule has 5 heteroatoms. The number of aliphatic hydroxyl groups is 1. The van der Waals surface area contributed by atoms with Crippen molar-refractivity contribution in [1.29, 1.82) is 0 Å². The second-order valence-corrected chi connectivity index (χ2v) is 11.5. The molecule has 37 heavy (non-hydrogen) atoms. The van der Waals surface area contributed by atoms with Crippen LogP contribution in [0.1, 0.15) is 74.9 Å². The van der Waals surface area contributed by atoms with Crippen LogP contribution in [0.25, 0.3) is 16.0 Å². The molecule has 5 rings (SSSR count). The average molecular weight is 522 g/mol. The molecule has 1 saturated carbocycles. The molecule has 0 radical (unpaired) electrons. The summed E-state index contributed by atoms with van der Waals surface area (Å²) >= 11 is 1.72. The maximum atomic E-state index is 13.9. The quantitative estimate of drug-likeness (QED) is 0.433. The Morgan fingerprint density at radius 3 is 2.65 bits per heavy atom. The molecule has 1 aliphatic heterocycles. The Hall–Kier alpha value is -2.50. The van der Waals surface area contributed by atoms with Gasteiger partial charge < -0.3 is 10.0 Å². The Bertz CT molecular complexity index is 1220. The van der Waals surface area contributed by atoms with Crippen LogP contribution in [0.3, 0.4) is 0 Å². The molecule has 2 fully saturated rings. The fourth-order valence-electron chi connectivity index (χ4n) is 5.02. The summed E-state index contributed by atoms with van der Waals surface area (Å²) in [5.41, 5.74) is 7.01. The molecule has 2 aromatic rings. The van der Waals surface area contributed by atoms with Crippen LogP contribution in [0.5, 0.6) is 0 Å². The molecule has 1 aromatic heterocycles. The first-order valence-electron chi connectivity index (χ1n) is 13.7. The number of allylic oxidation sites excluding steroid dienone is 6. The Labute approximate surface area is 225 Å². The third kappa shape index (κ3) is 5.99. The molecule has 2 aliphatic carbocycles. The van der Waals surface area contributed by atoms with E-state index in [1.807, 2.05) is 39.0 Å². The number of benzene rings is 1. The van der Waals surface area contributed by atoms with E-state index in [4.69, 9.17) is 0 Å². The number of rotatable bonds is 5. The van der Waals surface area contributed by atoms with E-state index >= 15 is 0 Å². The van der Waals surface area contributed by atoms with Crippen LogP contribution < -0.4 is 0 Å². The van der Waals surface area contributed by atoms with Gasteiger partial charge in [0.25, 0.3) is 5.91 Å². The molecule has 0 bridgehead atoms. The summed E-state index contributed by atoms with van der Waals surface area (Å²) in [4.78, 5) is 15.6. The lowest BCUT2D eigenvalue weighted by Gasteiger charge is -2.32. The zero-order valence-corrected chi connectivity index (χ0v) is 23.6. The predicted molar refractivity (Wildman–Crippen MR) is 154 cm³/mol. The number of carbonyl (C=O) groups is 1. The molecule has 3 unspecified atom stereocenters. The van der Waals surface area contributed by atoms with Crippen molar-refractivity contribution < 1.29 is 14.3 Å². The molecular formula is C32H40FNO2S. The topological polar surface area (TPSA) is 40.5 Å². The van der Waals surface area contributed by atoms with Crippen molar-refractivity contribution >= 4 is 22.8 Å². The largest absolute Gasteiger partial charge is 0.390 e. The van der Waals surface area contributed by atoms with Gasteiger partial charge in [-0.2, -0.15) is 0 Å². The van der Waals surface area contributed by atoms with Crippen LogP contribution in [0.4, 0.5) is 4.39 Å². The lowest BCUT2D eigenvalue weighted by atomic mass is 9.92. The summed E-state index contributed by atoms with van der Waals surface area (Å²) in [6, 6.07) is 8.00. The number of aryl methyl sites for hydroxylation is 1. The van der Waals surface area contributed by atoms with Gasteiger partial charge in [0.1, 0.15) is 6.17 Å². The van der Waals surface area contributed by atoms with E-state index in [2.05, 4.69) is 49.6 Å². The first-order chi connectivity index (χ1) is 17.8. The van der Waals surface area contributed by atoms with Gasteiger partial charge in [-0.3, -0.25) is 4.79 Å². The lowest BCUT2D eigenvalue weighted by Crippen LogP contribution is -2.47. The van der Waals surface area contributed by atoms with Gasteiger partial charge in [-0.1, -0.05) is 58.1 Å². The minimum absolute atomic E-state index is 0.0495. The van der Waals surface area contributed by atoms with Crippen LogP contribution in [0.15, 0.2) is 59.5 Å². The summed E-state index contributed by atoms with van der Waals surface area (Å²) < 4.78 is 13.9. The molecular weight excluding hydrogens is 481 g/mol. The van der Waals surface area contributed by atoms with E-state index in [1.54, 1.807) is 11.3 Å². The van der Waals surface area contributed by atoms with Crippen molar-refractivity contribution in [3.05, 3.63) is 76.2 Å². The first kappa shape index (κ1) is 27.5. The van der Waals surface area contributed by atoms with E-state index in [1.165, 1.54) is 39.3 Å². The van der Waals surface area contributed by atoms with E-state index in [-0.39, 0.29) is 18.9 Å². The van der Waals surface area contributed by atoms with Gasteiger partial charge in [-0.05, 0) is 95.4 Å². The molecule has 0 spiro atoms. The van der Waals surface area contributed by atoms with Crippen molar-refractivity contribution in [3.63, 3.8) is 0 Å². The van der Waals surface area contributed by atoms with Crippen LogP contribution in [0, 0.1) is 18.3 Å². The van der Waals surface area contributed by atoms with Crippen molar-refractivity contribution in [3.8, 4) is 10.4 Å². The molecule has 1 saturated heterocycles. The highest BCUT2D eigenvalue weighted by atomic mass is 32.1. The van der Waals surface area contributed by atoms with Crippen molar-refractivity contribution in [2.24, 2.45) is 11.3 Å². The average Bonchev–Trinajstić information content (AvgIpc) is 3.55. The summed E-state index contributed by atoms with van der Waals surface area (Å²) in [6.07, 6.45) is 11.0. The maximum absolute atomic E-state index is 13.9. The van der Waals surface area contributed by atoms with Gasteiger partial charge in [-0.15, -0.1) is 11.3 Å². The van der Waals surface area contributed by atoms with Gasteiger partial charge in [-0.25, -0.2) is 4.39 Å². The lowest BCUT2D eigenvalue weighted by molar-refractivity contribution is 0.00826. The molecule has 3 aliphatic rings. The first-order valence-corrected chi connectivity index (χ1v) is 14.6. The highest BCUT2D eigenvalue weighted by molar-refractivity contribution is 7.13. The Morgan fingerprint density at radius 2 is 2.00 bits per heavy atom. The number of likely N-dealkylation sites (tertiary alicyclic amines) is 1. The van der Waals surface area contributed by atoms with Crippen molar-refractivity contribution in [2.45, 2.75) is 72.6 Å². The maximum Gasteiger partial charge on any atom is 0.253 e. The fourth-order valence-corrected chi connectivity index (χ4v) is 6.03. The number of nitrogens with zero attached hydrogens (tertiary/aromatic N) is 1. The summed E-state index contributed by atoms with van der Waals surface area (Å²) in [7, 11) is 0. The van der Waals surface area contributed by atoms with Crippen LogP contribution in [0.2, 0.25) is 0 Å². The van der Waals surface area contributed by atoms with E-state index in [0.717, 1.165) is 17.5 Å². The zero-order chi connectivity index (χ0) is 26.7. The summed E-state index contributed by atoms with van der Waals surface area (Å²) in [5.74, 6) is 0.311. The molecule has 1 amide bonds. The Kier molecular flexibility index (Phi) is 8.55. The Morgan fingerprint density at radius 1 is 1.24 bits per heavy atom. The minimum Gasteiger partial charge on any atom is -0.390 e. The number of halogens is 1. The highest BCUT2D eigenvalue weighted by Gasteiger charge is 2.40. The van der Waals surface area contributed by atoms with Crippen LogP contribution in [-0.2, 0) is 0 Å². The SMILES string of the molecule is CC.CCC1C=CC(c2csc(-c3ccc(C(=O)N4CCC(O)C(F)C4)cc3C)c2)=CC(C2(C)CC2)=C1. The van der Waals surface area contributed by atoms with Crippen LogP contribution >= 0.6 is 11.3 Å². The van der Waals surface area contributed by atoms with E-state index in [9.17, 15) is 14.3 Å². The smallest absolute Gasteiger partial charge is 0.253 e. The Balaban J connectivity index is 0.00000156. The standard InChI is InChI=1S/C30H34FNO2S.C2H6/c1-4-20-5-6-21(15-24(14-20)30(3)10-11-30)23-16-28(35-18-23)25-8-7-22(13-19(25)2)29(34)32-12-9-27(33)26(31)17-32;1-2/h5-8,13-16,18,20,26-27,33H,4,9-12,17H2,1-3H3;1-2H3. The van der Waals surface area contributed by atoms with Gasteiger partial charge in [0.15, 0.2) is 0 Å². The number of hydrogen-bond acceptors (Lipinski definition) is 3. The van der Waals surface area contributed by atoms with E-state index in [0.29, 0.717) is 23.4 Å². The monoisotopic (exact) mass is 521 g/mol. The minimum atomic E-state index is -1.38. The third-order valence-electron chi connectivity index (χ3n) is 7.86. The molecule has 2 heterocycles. The molecule has 1 N–H and O–H groups in total. The number of amides is 1. The van der Waals surface area contributed by atoms with E-state index < -0.39 is 12.3 Å². The normalized spacial score (nSPS) is 24.4. The predicted octanol–water partition coefficient (Wildman–Crippen LogP) is 8.00.